The quantitative estimate of drug-likeness (QED) is 0.829. The van der Waals surface area contributed by atoms with Crippen molar-refractivity contribution in [1.29, 1.82) is 0 Å². The zero-order chi connectivity index (χ0) is 16.9. The van der Waals surface area contributed by atoms with Gasteiger partial charge in [0, 0.05) is 38.2 Å². The predicted octanol–water partition coefficient (Wildman–Crippen LogP) is 2.75. The molecule has 1 N–H and O–H groups in total. The summed E-state index contributed by atoms with van der Waals surface area (Å²) < 4.78 is 4.27. The number of hydrogen-bond acceptors (Lipinski definition) is 3. The molecule has 0 fully saturated rings. The molecule has 6 nitrogen and oxygen atoms in total. The summed E-state index contributed by atoms with van der Waals surface area (Å²) in [6, 6.07) is 4.07. The fraction of sp³-hybridized carbons (Fsp3) is 0.611. The first-order valence-electron chi connectivity index (χ1n) is 9.03. The number of carbonyl (C=O) groups is 1. The smallest absolute Gasteiger partial charge is 0.267 e. The summed E-state index contributed by atoms with van der Waals surface area (Å²) in [5, 5.41) is 11.7. The minimum Gasteiger partial charge on any atom is -0.351 e. The maximum atomic E-state index is 12.3. The number of fused-ring (bicyclic) bond motifs is 1. The molecule has 0 atom stereocenters. The van der Waals surface area contributed by atoms with Crippen molar-refractivity contribution in [3.63, 3.8) is 0 Å². The molecule has 0 unspecified atom stereocenters. The van der Waals surface area contributed by atoms with Crippen molar-refractivity contribution in [1.82, 2.24) is 24.6 Å². The Morgan fingerprint density at radius 1 is 1.29 bits per heavy atom. The second kappa shape index (κ2) is 7.64. The lowest BCUT2D eigenvalue weighted by atomic mass is 10.2. The van der Waals surface area contributed by atoms with Gasteiger partial charge in [0.2, 0.25) is 0 Å². The van der Waals surface area contributed by atoms with Gasteiger partial charge in [-0.15, -0.1) is 10.2 Å². The van der Waals surface area contributed by atoms with Gasteiger partial charge in [0.05, 0.1) is 0 Å². The number of nitrogens with one attached hydrogen (secondary N) is 1. The average molecular weight is 329 g/mol. The molecule has 0 aliphatic carbocycles. The molecule has 1 amide bonds. The van der Waals surface area contributed by atoms with E-state index in [4.69, 9.17) is 0 Å². The molecule has 130 valence electrons. The molecule has 0 spiro atoms. The van der Waals surface area contributed by atoms with Crippen LogP contribution in [0.5, 0.6) is 0 Å². The molecule has 0 saturated heterocycles. The second-order valence-electron chi connectivity index (χ2n) is 6.75. The standard InChI is InChI=1S/C18H27N5O/c1-14(2)22-13-7-8-15(22)18(24)19-11-6-10-17-21-20-16-9-4-3-5-12-23(16)17/h7-8,13-14H,3-6,9-12H2,1-2H3,(H,19,24). The minimum atomic E-state index is -0.00577. The zero-order valence-electron chi connectivity index (χ0n) is 14.7. The Morgan fingerprint density at radius 3 is 3.00 bits per heavy atom. The molecule has 0 bridgehead atoms. The van der Waals surface area contributed by atoms with Gasteiger partial charge in [-0.3, -0.25) is 4.79 Å². The third kappa shape index (κ3) is 3.68. The average Bonchev–Trinajstić information content (AvgIpc) is 3.13. The van der Waals surface area contributed by atoms with Gasteiger partial charge in [-0.1, -0.05) is 6.42 Å². The van der Waals surface area contributed by atoms with E-state index in [9.17, 15) is 4.79 Å². The fourth-order valence-corrected chi connectivity index (χ4v) is 3.31. The van der Waals surface area contributed by atoms with Gasteiger partial charge in [0.25, 0.3) is 5.91 Å². The van der Waals surface area contributed by atoms with Crippen LogP contribution in [0.1, 0.15) is 67.7 Å². The first-order valence-corrected chi connectivity index (χ1v) is 9.03. The second-order valence-corrected chi connectivity index (χ2v) is 6.75. The lowest BCUT2D eigenvalue weighted by Gasteiger charge is -2.13. The Hall–Kier alpha value is -2.11. The van der Waals surface area contributed by atoms with Crippen molar-refractivity contribution in [2.75, 3.05) is 6.54 Å². The van der Waals surface area contributed by atoms with E-state index in [2.05, 4.69) is 33.9 Å². The summed E-state index contributed by atoms with van der Waals surface area (Å²) in [4.78, 5) is 12.3. The van der Waals surface area contributed by atoms with Crippen LogP contribution in [0.4, 0.5) is 0 Å². The van der Waals surface area contributed by atoms with Crippen LogP contribution in [0.25, 0.3) is 0 Å². The molecule has 0 aromatic carbocycles. The highest BCUT2D eigenvalue weighted by molar-refractivity contribution is 5.92. The number of amides is 1. The Morgan fingerprint density at radius 2 is 2.17 bits per heavy atom. The molecule has 1 aliphatic heterocycles. The topological polar surface area (TPSA) is 64.7 Å². The largest absolute Gasteiger partial charge is 0.351 e. The van der Waals surface area contributed by atoms with E-state index >= 15 is 0 Å². The Labute approximate surface area is 143 Å². The highest BCUT2D eigenvalue weighted by Gasteiger charge is 2.15. The van der Waals surface area contributed by atoms with Gasteiger partial charge in [-0.2, -0.15) is 0 Å². The third-order valence-electron chi connectivity index (χ3n) is 4.62. The van der Waals surface area contributed by atoms with Crippen LogP contribution < -0.4 is 5.32 Å². The zero-order valence-corrected chi connectivity index (χ0v) is 14.7. The van der Waals surface area contributed by atoms with Crippen LogP contribution in [-0.2, 0) is 19.4 Å². The molecule has 1 aliphatic rings. The monoisotopic (exact) mass is 329 g/mol. The molecule has 2 aromatic rings. The predicted molar refractivity (Wildman–Crippen MR) is 93.0 cm³/mol. The summed E-state index contributed by atoms with van der Waals surface area (Å²) in [7, 11) is 0. The number of rotatable bonds is 6. The minimum absolute atomic E-state index is 0.00577. The first-order chi connectivity index (χ1) is 11.7. The van der Waals surface area contributed by atoms with Crippen molar-refractivity contribution in [2.45, 2.75) is 65.0 Å². The summed E-state index contributed by atoms with van der Waals surface area (Å²) in [5.74, 6) is 2.18. The van der Waals surface area contributed by atoms with Gasteiger partial charge in [0.1, 0.15) is 17.3 Å². The molecule has 6 heteroatoms. The van der Waals surface area contributed by atoms with Crippen molar-refractivity contribution < 1.29 is 4.79 Å². The first kappa shape index (κ1) is 16.7. The van der Waals surface area contributed by atoms with E-state index in [1.54, 1.807) is 0 Å². The number of hydrogen-bond donors (Lipinski definition) is 1. The van der Waals surface area contributed by atoms with E-state index < -0.39 is 0 Å². The van der Waals surface area contributed by atoms with Gasteiger partial charge < -0.3 is 14.5 Å². The van der Waals surface area contributed by atoms with Crippen LogP contribution >= 0.6 is 0 Å². The summed E-state index contributed by atoms with van der Waals surface area (Å²) in [6.07, 6.45) is 8.42. The molecule has 2 aromatic heterocycles. The van der Waals surface area contributed by atoms with Crippen LogP contribution in [0.2, 0.25) is 0 Å². The van der Waals surface area contributed by atoms with Crippen molar-refractivity contribution in [3.05, 3.63) is 35.7 Å². The van der Waals surface area contributed by atoms with Crippen LogP contribution in [0.15, 0.2) is 18.3 Å². The number of carbonyl (C=O) groups excluding carboxylic acids is 1. The molecule has 24 heavy (non-hydrogen) atoms. The molecule has 3 heterocycles. The fourth-order valence-electron chi connectivity index (χ4n) is 3.31. The number of aromatic nitrogens is 4. The van der Waals surface area contributed by atoms with Crippen molar-refractivity contribution in [3.8, 4) is 0 Å². The number of nitrogens with zero attached hydrogens (tertiary/aromatic N) is 4. The maximum absolute atomic E-state index is 12.3. The van der Waals surface area contributed by atoms with Crippen LogP contribution in [0, 0.1) is 0 Å². The van der Waals surface area contributed by atoms with Gasteiger partial charge >= 0.3 is 0 Å². The van der Waals surface area contributed by atoms with Gasteiger partial charge in [-0.05, 0) is 45.2 Å². The Kier molecular flexibility index (Phi) is 5.33. The van der Waals surface area contributed by atoms with E-state index in [1.807, 2.05) is 22.9 Å². The van der Waals surface area contributed by atoms with Gasteiger partial charge in [0.15, 0.2) is 0 Å². The molecule has 3 rings (SSSR count). The summed E-state index contributed by atoms with van der Waals surface area (Å²) in [6.45, 7) is 5.85. The molecule has 0 saturated carbocycles. The Balaban J connectivity index is 1.50. The summed E-state index contributed by atoms with van der Waals surface area (Å²) >= 11 is 0. The number of aryl methyl sites for hydroxylation is 2. The van der Waals surface area contributed by atoms with Gasteiger partial charge in [-0.25, -0.2) is 0 Å². The van der Waals surface area contributed by atoms with E-state index in [-0.39, 0.29) is 11.9 Å². The lowest BCUT2D eigenvalue weighted by molar-refractivity contribution is 0.0942. The lowest BCUT2D eigenvalue weighted by Crippen LogP contribution is -2.27. The van der Waals surface area contributed by atoms with E-state index in [1.165, 1.54) is 19.3 Å². The van der Waals surface area contributed by atoms with Crippen LogP contribution in [-0.4, -0.2) is 31.8 Å². The van der Waals surface area contributed by atoms with E-state index in [0.29, 0.717) is 6.54 Å². The normalized spacial score (nSPS) is 14.5. The molecular formula is C18H27N5O. The van der Waals surface area contributed by atoms with Crippen molar-refractivity contribution >= 4 is 5.91 Å². The molecule has 0 radical (unpaired) electrons. The third-order valence-corrected chi connectivity index (χ3v) is 4.62. The highest BCUT2D eigenvalue weighted by Crippen LogP contribution is 2.15. The highest BCUT2D eigenvalue weighted by atomic mass is 16.1. The SMILES string of the molecule is CC(C)n1cccc1C(=O)NCCCc1nnc2n1CCCCC2. The molecular weight excluding hydrogens is 302 g/mol. The van der Waals surface area contributed by atoms with Crippen molar-refractivity contribution in [2.24, 2.45) is 0 Å². The van der Waals surface area contributed by atoms with E-state index in [0.717, 1.165) is 43.1 Å². The van der Waals surface area contributed by atoms with Crippen LogP contribution in [0.3, 0.4) is 0 Å². The summed E-state index contributed by atoms with van der Waals surface area (Å²) in [5.41, 5.74) is 0.723. The maximum Gasteiger partial charge on any atom is 0.267 e. The Bertz CT molecular complexity index is 685.